The second-order valence-corrected chi connectivity index (χ2v) is 8.75. The Hall–Kier alpha value is -1.92. The van der Waals surface area contributed by atoms with E-state index >= 15 is 0 Å². The summed E-state index contributed by atoms with van der Waals surface area (Å²) in [6.07, 6.45) is 6.75. The first-order chi connectivity index (χ1) is 13.5. The Morgan fingerprint density at radius 2 is 1.96 bits per heavy atom. The predicted octanol–water partition coefficient (Wildman–Crippen LogP) is 3.99. The van der Waals surface area contributed by atoms with E-state index in [1.807, 2.05) is 23.5 Å². The average Bonchev–Trinajstić information content (AvgIpc) is 3.08. The van der Waals surface area contributed by atoms with E-state index in [-0.39, 0.29) is 24.3 Å². The Balaban J connectivity index is 1.45. The highest BCUT2D eigenvalue weighted by Gasteiger charge is 2.17. The largest absolute Gasteiger partial charge is 0.356 e. The molecule has 0 fully saturated rings. The summed E-state index contributed by atoms with van der Waals surface area (Å²) in [4.78, 5) is 30.0. The quantitative estimate of drug-likeness (QED) is 0.635. The summed E-state index contributed by atoms with van der Waals surface area (Å²) in [5.41, 5.74) is 2.15. The summed E-state index contributed by atoms with van der Waals surface area (Å²) in [5, 5.41) is 7.60. The van der Waals surface area contributed by atoms with Gasteiger partial charge in [-0.2, -0.15) is 0 Å². The zero-order valence-corrected chi connectivity index (χ0v) is 17.7. The number of halogens is 1. The maximum Gasteiger partial charge on any atom is 0.222 e. The molecule has 1 aromatic carbocycles. The van der Waals surface area contributed by atoms with Gasteiger partial charge in [-0.05, 0) is 49.8 Å². The van der Waals surface area contributed by atoms with Gasteiger partial charge in [0.2, 0.25) is 11.8 Å². The number of carbonyl (C=O) groups is 2. The van der Waals surface area contributed by atoms with Gasteiger partial charge >= 0.3 is 0 Å². The fourth-order valence-corrected chi connectivity index (χ4v) is 4.75. The number of carbonyl (C=O) groups excluding carboxylic acids is 2. The normalized spacial score (nSPS) is 14.2. The minimum Gasteiger partial charge on any atom is -0.356 e. The molecule has 1 heterocycles. The second kappa shape index (κ2) is 10.0. The highest BCUT2D eigenvalue weighted by atomic mass is 35.5. The number of fused-ring (bicyclic) bond motifs is 1. The molecule has 1 atom stereocenters. The molecule has 2 N–H and O–H groups in total. The molecule has 1 aliphatic carbocycles. The monoisotopic (exact) mass is 419 g/mol. The van der Waals surface area contributed by atoms with Gasteiger partial charge in [-0.25, -0.2) is 4.98 Å². The van der Waals surface area contributed by atoms with Gasteiger partial charge in [-0.15, -0.1) is 11.3 Å². The standard InChI is InChI=1S/C21H26ClN3O2S/c1-14(26)24-18(15-8-10-16(22)11-9-15)13-20(27)23-12-4-7-21-25-17-5-2-3-6-19(17)28-21/h8-11,18H,2-7,12-13H2,1H3,(H,23,27)(H,24,26). The number of hydrogen-bond donors (Lipinski definition) is 2. The Labute approximate surface area is 174 Å². The number of thiazole rings is 1. The van der Waals surface area contributed by atoms with Crippen LogP contribution in [0.1, 0.15) is 59.8 Å². The number of aromatic nitrogens is 1. The first-order valence-electron chi connectivity index (χ1n) is 9.78. The molecule has 0 radical (unpaired) electrons. The Morgan fingerprint density at radius 1 is 1.21 bits per heavy atom. The van der Waals surface area contributed by atoms with Crippen LogP contribution in [-0.2, 0) is 28.9 Å². The number of benzene rings is 1. The molecule has 0 aliphatic heterocycles. The van der Waals surface area contributed by atoms with E-state index in [0.717, 1.165) is 24.8 Å². The lowest BCUT2D eigenvalue weighted by Crippen LogP contribution is -2.33. The van der Waals surface area contributed by atoms with Crippen molar-refractivity contribution in [3.63, 3.8) is 0 Å². The number of nitrogens with zero attached hydrogens (tertiary/aromatic N) is 1. The van der Waals surface area contributed by atoms with Gasteiger partial charge in [0, 0.05) is 29.8 Å². The van der Waals surface area contributed by atoms with Gasteiger partial charge in [0.05, 0.1) is 23.2 Å². The van der Waals surface area contributed by atoms with Crippen LogP contribution in [0.3, 0.4) is 0 Å². The molecule has 0 saturated carbocycles. The van der Waals surface area contributed by atoms with E-state index in [1.165, 1.54) is 41.8 Å². The molecule has 1 unspecified atom stereocenters. The fourth-order valence-electron chi connectivity index (χ4n) is 3.43. The molecular weight excluding hydrogens is 394 g/mol. The Morgan fingerprint density at radius 3 is 2.68 bits per heavy atom. The predicted molar refractivity (Wildman–Crippen MR) is 113 cm³/mol. The van der Waals surface area contributed by atoms with Crippen molar-refractivity contribution < 1.29 is 9.59 Å². The van der Waals surface area contributed by atoms with Crippen LogP contribution in [0, 0.1) is 0 Å². The summed E-state index contributed by atoms with van der Waals surface area (Å²) < 4.78 is 0. The lowest BCUT2D eigenvalue weighted by atomic mass is 10.0. The lowest BCUT2D eigenvalue weighted by Gasteiger charge is -2.18. The number of rotatable bonds is 8. The van der Waals surface area contributed by atoms with Crippen LogP contribution >= 0.6 is 22.9 Å². The molecular formula is C21H26ClN3O2S. The highest BCUT2D eigenvalue weighted by Crippen LogP contribution is 2.27. The van der Waals surface area contributed by atoms with E-state index in [1.54, 1.807) is 12.1 Å². The third kappa shape index (κ3) is 6.04. The zero-order chi connectivity index (χ0) is 19.9. The summed E-state index contributed by atoms with van der Waals surface area (Å²) >= 11 is 7.75. The fraction of sp³-hybridized carbons (Fsp3) is 0.476. The molecule has 1 aliphatic rings. The van der Waals surface area contributed by atoms with Gasteiger partial charge in [0.25, 0.3) is 0 Å². The van der Waals surface area contributed by atoms with Crippen molar-refractivity contribution in [2.24, 2.45) is 0 Å². The molecule has 0 bridgehead atoms. The van der Waals surface area contributed by atoms with Crippen molar-refractivity contribution in [2.45, 2.75) is 57.9 Å². The average molecular weight is 420 g/mol. The first kappa shape index (κ1) is 20.8. The van der Waals surface area contributed by atoms with Crippen LogP contribution in [0.4, 0.5) is 0 Å². The Bertz CT molecular complexity index is 796. The molecule has 1 aromatic heterocycles. The topological polar surface area (TPSA) is 71.1 Å². The van der Waals surface area contributed by atoms with E-state index in [0.29, 0.717) is 11.6 Å². The highest BCUT2D eigenvalue weighted by molar-refractivity contribution is 7.11. The second-order valence-electron chi connectivity index (χ2n) is 7.15. The first-order valence-corrected chi connectivity index (χ1v) is 11.0. The van der Waals surface area contributed by atoms with Crippen LogP contribution in [0.2, 0.25) is 5.02 Å². The van der Waals surface area contributed by atoms with E-state index in [2.05, 4.69) is 10.6 Å². The number of amides is 2. The summed E-state index contributed by atoms with van der Waals surface area (Å²) in [6, 6.07) is 6.83. The minimum atomic E-state index is -0.361. The van der Waals surface area contributed by atoms with Crippen molar-refractivity contribution in [1.82, 2.24) is 15.6 Å². The molecule has 0 spiro atoms. The number of hydrogen-bond acceptors (Lipinski definition) is 4. The van der Waals surface area contributed by atoms with E-state index in [4.69, 9.17) is 16.6 Å². The van der Waals surface area contributed by atoms with E-state index in [9.17, 15) is 9.59 Å². The van der Waals surface area contributed by atoms with Crippen LogP contribution < -0.4 is 10.6 Å². The lowest BCUT2D eigenvalue weighted by molar-refractivity contribution is -0.122. The van der Waals surface area contributed by atoms with Crippen molar-refractivity contribution >= 4 is 34.8 Å². The van der Waals surface area contributed by atoms with Gasteiger partial charge in [-0.3, -0.25) is 9.59 Å². The smallest absolute Gasteiger partial charge is 0.222 e. The number of nitrogens with one attached hydrogen (secondary N) is 2. The maximum absolute atomic E-state index is 12.3. The molecule has 5 nitrogen and oxygen atoms in total. The molecule has 28 heavy (non-hydrogen) atoms. The SMILES string of the molecule is CC(=O)NC(CC(=O)NCCCc1nc2c(s1)CCCC2)c1ccc(Cl)cc1. The van der Waals surface area contributed by atoms with Crippen LogP contribution in [0.25, 0.3) is 0 Å². The van der Waals surface area contributed by atoms with Crippen molar-refractivity contribution in [2.75, 3.05) is 6.54 Å². The van der Waals surface area contributed by atoms with E-state index < -0.39 is 0 Å². The van der Waals surface area contributed by atoms with Crippen LogP contribution in [0.15, 0.2) is 24.3 Å². The molecule has 3 rings (SSSR count). The molecule has 0 saturated heterocycles. The zero-order valence-electron chi connectivity index (χ0n) is 16.1. The van der Waals surface area contributed by atoms with Crippen molar-refractivity contribution in [1.29, 1.82) is 0 Å². The number of aryl methyl sites for hydroxylation is 3. The van der Waals surface area contributed by atoms with Gasteiger partial charge in [0.15, 0.2) is 0 Å². The third-order valence-electron chi connectivity index (χ3n) is 4.82. The molecule has 150 valence electrons. The summed E-state index contributed by atoms with van der Waals surface area (Å²) in [7, 11) is 0. The van der Waals surface area contributed by atoms with Crippen molar-refractivity contribution in [3.05, 3.63) is 50.4 Å². The third-order valence-corrected chi connectivity index (χ3v) is 6.29. The molecule has 2 amide bonds. The van der Waals surface area contributed by atoms with Gasteiger partial charge < -0.3 is 10.6 Å². The van der Waals surface area contributed by atoms with Gasteiger partial charge in [-0.1, -0.05) is 23.7 Å². The van der Waals surface area contributed by atoms with Crippen LogP contribution in [-0.4, -0.2) is 23.3 Å². The molecule has 7 heteroatoms. The summed E-state index contributed by atoms with van der Waals surface area (Å²) in [5.74, 6) is -0.243. The van der Waals surface area contributed by atoms with Crippen molar-refractivity contribution in [3.8, 4) is 0 Å². The minimum absolute atomic E-state index is 0.0767. The molecule has 2 aromatic rings. The van der Waals surface area contributed by atoms with Gasteiger partial charge in [0.1, 0.15) is 0 Å². The maximum atomic E-state index is 12.3. The van der Waals surface area contributed by atoms with Crippen LogP contribution in [0.5, 0.6) is 0 Å². The Kier molecular flexibility index (Phi) is 7.45. The summed E-state index contributed by atoms with van der Waals surface area (Å²) in [6.45, 7) is 2.06.